The SMILES string of the molecule is CCOc1ccnc(N2CCOC(CCl)C2)n1. The molecule has 1 unspecified atom stereocenters. The van der Waals surface area contributed by atoms with E-state index in [4.69, 9.17) is 21.1 Å². The first-order valence-electron chi connectivity index (χ1n) is 5.72. The maximum atomic E-state index is 5.80. The molecular weight excluding hydrogens is 242 g/mol. The van der Waals surface area contributed by atoms with Crippen molar-refractivity contribution >= 4 is 17.5 Å². The van der Waals surface area contributed by atoms with Gasteiger partial charge in [0.1, 0.15) is 0 Å². The van der Waals surface area contributed by atoms with Crippen molar-refractivity contribution in [3.8, 4) is 5.88 Å². The Labute approximate surface area is 106 Å². The minimum atomic E-state index is 0.0461. The molecule has 0 saturated carbocycles. The van der Waals surface area contributed by atoms with E-state index in [1.54, 1.807) is 12.3 Å². The summed E-state index contributed by atoms with van der Waals surface area (Å²) in [6.07, 6.45) is 1.75. The molecule has 1 fully saturated rings. The van der Waals surface area contributed by atoms with Crippen molar-refractivity contribution in [3.05, 3.63) is 12.3 Å². The van der Waals surface area contributed by atoms with Gasteiger partial charge in [-0.05, 0) is 6.92 Å². The molecule has 2 heterocycles. The van der Waals surface area contributed by atoms with Crippen molar-refractivity contribution < 1.29 is 9.47 Å². The van der Waals surface area contributed by atoms with Gasteiger partial charge in [0, 0.05) is 25.4 Å². The van der Waals surface area contributed by atoms with E-state index in [0.29, 0.717) is 30.9 Å². The molecule has 94 valence electrons. The highest BCUT2D eigenvalue weighted by Gasteiger charge is 2.21. The zero-order valence-electron chi connectivity index (χ0n) is 9.80. The van der Waals surface area contributed by atoms with Crippen LogP contribution in [-0.2, 0) is 4.74 Å². The van der Waals surface area contributed by atoms with Crippen LogP contribution in [0.4, 0.5) is 5.95 Å². The van der Waals surface area contributed by atoms with Crippen molar-refractivity contribution in [2.45, 2.75) is 13.0 Å². The van der Waals surface area contributed by atoms with Gasteiger partial charge in [-0.3, -0.25) is 0 Å². The number of ether oxygens (including phenoxy) is 2. The number of nitrogens with zero attached hydrogens (tertiary/aromatic N) is 3. The van der Waals surface area contributed by atoms with Crippen LogP contribution in [-0.4, -0.2) is 48.3 Å². The van der Waals surface area contributed by atoms with Crippen molar-refractivity contribution in [3.63, 3.8) is 0 Å². The summed E-state index contributed by atoms with van der Waals surface area (Å²) in [4.78, 5) is 10.7. The maximum absolute atomic E-state index is 5.80. The van der Waals surface area contributed by atoms with E-state index < -0.39 is 0 Å². The smallest absolute Gasteiger partial charge is 0.228 e. The average Bonchev–Trinajstić information content (AvgIpc) is 2.40. The lowest BCUT2D eigenvalue weighted by Gasteiger charge is -2.31. The van der Waals surface area contributed by atoms with Crippen LogP contribution < -0.4 is 9.64 Å². The molecule has 0 N–H and O–H groups in total. The van der Waals surface area contributed by atoms with Gasteiger partial charge < -0.3 is 14.4 Å². The lowest BCUT2D eigenvalue weighted by Crippen LogP contribution is -2.44. The summed E-state index contributed by atoms with van der Waals surface area (Å²) < 4.78 is 10.9. The molecule has 0 radical (unpaired) electrons. The second-order valence-electron chi connectivity index (χ2n) is 3.72. The van der Waals surface area contributed by atoms with Crippen LogP contribution >= 0.6 is 11.6 Å². The molecule has 0 aromatic carbocycles. The number of hydrogen-bond acceptors (Lipinski definition) is 5. The van der Waals surface area contributed by atoms with E-state index in [1.807, 2.05) is 6.92 Å². The van der Waals surface area contributed by atoms with E-state index in [1.165, 1.54) is 0 Å². The fourth-order valence-corrected chi connectivity index (χ4v) is 1.89. The fourth-order valence-electron chi connectivity index (χ4n) is 1.71. The first-order chi connectivity index (χ1) is 8.33. The zero-order valence-corrected chi connectivity index (χ0v) is 10.6. The molecule has 6 heteroatoms. The summed E-state index contributed by atoms with van der Waals surface area (Å²) >= 11 is 5.80. The van der Waals surface area contributed by atoms with Crippen LogP contribution in [0.1, 0.15) is 6.92 Å². The van der Waals surface area contributed by atoms with E-state index in [2.05, 4.69) is 14.9 Å². The Balaban J connectivity index is 2.07. The Morgan fingerprint density at radius 2 is 2.53 bits per heavy atom. The van der Waals surface area contributed by atoms with Gasteiger partial charge in [-0.15, -0.1) is 11.6 Å². The van der Waals surface area contributed by atoms with Gasteiger partial charge in [0.05, 0.1) is 25.2 Å². The average molecular weight is 258 g/mol. The monoisotopic (exact) mass is 257 g/mol. The molecule has 5 nitrogen and oxygen atoms in total. The third-order valence-corrected chi connectivity index (χ3v) is 2.85. The Kier molecular flexibility index (Phi) is 4.39. The Morgan fingerprint density at radius 3 is 3.29 bits per heavy atom. The van der Waals surface area contributed by atoms with Crippen LogP contribution in [0, 0.1) is 0 Å². The highest BCUT2D eigenvalue weighted by molar-refractivity contribution is 6.18. The summed E-state index contributed by atoms with van der Waals surface area (Å²) in [5.41, 5.74) is 0. The van der Waals surface area contributed by atoms with E-state index in [9.17, 15) is 0 Å². The summed E-state index contributed by atoms with van der Waals surface area (Å²) in [6, 6.07) is 1.76. The minimum Gasteiger partial charge on any atom is -0.478 e. The largest absolute Gasteiger partial charge is 0.478 e. The van der Waals surface area contributed by atoms with Gasteiger partial charge >= 0.3 is 0 Å². The van der Waals surface area contributed by atoms with Gasteiger partial charge in [-0.25, -0.2) is 4.98 Å². The molecule has 0 bridgehead atoms. The summed E-state index contributed by atoms with van der Waals surface area (Å²) in [7, 11) is 0. The molecule has 1 aliphatic rings. The molecule has 0 spiro atoms. The second kappa shape index (κ2) is 6.02. The molecule has 1 aliphatic heterocycles. The first-order valence-corrected chi connectivity index (χ1v) is 6.25. The number of halogens is 1. The van der Waals surface area contributed by atoms with Crippen LogP contribution in [0.5, 0.6) is 5.88 Å². The first kappa shape index (κ1) is 12.4. The number of hydrogen-bond donors (Lipinski definition) is 0. The van der Waals surface area contributed by atoms with Gasteiger partial charge in [0.25, 0.3) is 0 Å². The number of morpholine rings is 1. The van der Waals surface area contributed by atoms with E-state index in [-0.39, 0.29) is 6.10 Å². The Hall–Kier alpha value is -1.07. The van der Waals surface area contributed by atoms with Gasteiger partial charge in [-0.2, -0.15) is 4.98 Å². The lowest BCUT2D eigenvalue weighted by atomic mass is 10.3. The predicted molar refractivity (Wildman–Crippen MR) is 65.9 cm³/mol. The quantitative estimate of drug-likeness (QED) is 0.762. The number of alkyl halides is 1. The second-order valence-corrected chi connectivity index (χ2v) is 4.03. The standard InChI is InChI=1S/C11H16ClN3O2/c1-2-16-10-3-4-13-11(14-10)15-5-6-17-9(7-12)8-15/h3-4,9H,2,5-8H2,1H3. The molecule has 17 heavy (non-hydrogen) atoms. The molecule has 2 rings (SSSR count). The number of rotatable bonds is 4. The molecule has 1 atom stereocenters. The molecule has 1 aromatic rings. The highest BCUT2D eigenvalue weighted by atomic mass is 35.5. The zero-order chi connectivity index (χ0) is 12.1. The van der Waals surface area contributed by atoms with Crippen LogP contribution in [0.25, 0.3) is 0 Å². The highest BCUT2D eigenvalue weighted by Crippen LogP contribution is 2.16. The maximum Gasteiger partial charge on any atom is 0.228 e. The molecular formula is C11H16ClN3O2. The third kappa shape index (κ3) is 3.20. The fraction of sp³-hybridized carbons (Fsp3) is 0.636. The van der Waals surface area contributed by atoms with Crippen molar-refractivity contribution in [1.29, 1.82) is 0 Å². The van der Waals surface area contributed by atoms with Crippen molar-refractivity contribution in [2.24, 2.45) is 0 Å². The topological polar surface area (TPSA) is 47.5 Å². The van der Waals surface area contributed by atoms with Gasteiger partial charge in [0.15, 0.2) is 0 Å². The Morgan fingerprint density at radius 1 is 1.65 bits per heavy atom. The Bertz CT molecular complexity index is 364. The summed E-state index contributed by atoms with van der Waals surface area (Å²) in [5.74, 6) is 1.77. The summed E-state index contributed by atoms with van der Waals surface area (Å²) in [5, 5.41) is 0. The van der Waals surface area contributed by atoms with Crippen LogP contribution in [0.2, 0.25) is 0 Å². The third-order valence-electron chi connectivity index (χ3n) is 2.50. The van der Waals surface area contributed by atoms with E-state index >= 15 is 0 Å². The van der Waals surface area contributed by atoms with Gasteiger partial charge in [0.2, 0.25) is 11.8 Å². The molecule has 1 aromatic heterocycles. The minimum absolute atomic E-state index is 0.0461. The van der Waals surface area contributed by atoms with Crippen LogP contribution in [0.3, 0.4) is 0 Å². The van der Waals surface area contributed by atoms with Gasteiger partial charge in [-0.1, -0.05) is 0 Å². The normalized spacial score (nSPS) is 20.4. The summed E-state index contributed by atoms with van der Waals surface area (Å²) in [6.45, 7) is 4.69. The van der Waals surface area contributed by atoms with Crippen molar-refractivity contribution in [1.82, 2.24) is 9.97 Å². The predicted octanol–water partition coefficient (Wildman–Crippen LogP) is 1.32. The molecule has 0 amide bonds. The lowest BCUT2D eigenvalue weighted by molar-refractivity contribution is 0.0548. The molecule has 0 aliphatic carbocycles. The number of anilines is 1. The molecule has 1 saturated heterocycles. The van der Waals surface area contributed by atoms with E-state index in [0.717, 1.165) is 13.1 Å². The van der Waals surface area contributed by atoms with Crippen molar-refractivity contribution in [2.75, 3.05) is 37.1 Å². The number of aromatic nitrogens is 2. The van der Waals surface area contributed by atoms with Crippen LogP contribution in [0.15, 0.2) is 12.3 Å².